The molecule has 0 unspecified atom stereocenters. The van der Waals surface area contributed by atoms with Gasteiger partial charge in [0.2, 0.25) is 10.0 Å². The Kier molecular flexibility index (Phi) is 5.15. The second-order valence-corrected chi connectivity index (χ2v) is 9.63. The largest absolute Gasteiger partial charge is 0.455 e. The van der Waals surface area contributed by atoms with Crippen LogP contribution in [0.4, 0.5) is 4.39 Å². The number of nitrogens with zero attached hydrogens (tertiary/aromatic N) is 1. The summed E-state index contributed by atoms with van der Waals surface area (Å²) in [7, 11) is -3.62. The van der Waals surface area contributed by atoms with E-state index in [0.717, 1.165) is 13.1 Å². The molecule has 0 saturated carbocycles. The van der Waals surface area contributed by atoms with Crippen LogP contribution in [0.1, 0.15) is 18.4 Å². The van der Waals surface area contributed by atoms with Crippen LogP contribution in [0.15, 0.2) is 45.0 Å². The molecular formula is C19H21FN2O3S2. The Hall–Kier alpha value is -1.61. The van der Waals surface area contributed by atoms with Crippen molar-refractivity contribution in [3.63, 3.8) is 0 Å². The Morgan fingerprint density at radius 1 is 1.15 bits per heavy atom. The maximum atomic E-state index is 13.5. The lowest BCUT2D eigenvalue weighted by Gasteiger charge is -2.21. The summed E-state index contributed by atoms with van der Waals surface area (Å²) in [5, 5.41) is 0. The summed E-state index contributed by atoms with van der Waals surface area (Å²) in [4.78, 5) is 3.80. The highest BCUT2D eigenvalue weighted by Crippen LogP contribution is 2.48. The van der Waals surface area contributed by atoms with E-state index in [1.165, 1.54) is 36.7 Å². The van der Waals surface area contributed by atoms with Crippen molar-refractivity contribution in [1.82, 2.24) is 9.62 Å². The van der Waals surface area contributed by atoms with E-state index in [1.54, 1.807) is 25.1 Å². The second kappa shape index (κ2) is 7.43. The van der Waals surface area contributed by atoms with Gasteiger partial charge in [-0.25, -0.2) is 17.5 Å². The molecule has 0 radical (unpaired) electrons. The fraction of sp³-hybridized carbons (Fsp3) is 0.368. The number of nitrogens with one attached hydrogen (secondary N) is 1. The molecule has 1 saturated heterocycles. The van der Waals surface area contributed by atoms with Crippen molar-refractivity contribution in [2.45, 2.75) is 34.5 Å². The molecule has 2 aromatic carbocycles. The van der Waals surface area contributed by atoms with Gasteiger partial charge in [-0.2, -0.15) is 0 Å². The minimum Gasteiger partial charge on any atom is -0.455 e. The van der Waals surface area contributed by atoms with Gasteiger partial charge in [-0.3, -0.25) is 0 Å². The summed E-state index contributed by atoms with van der Waals surface area (Å²) in [6.45, 7) is 4.92. The van der Waals surface area contributed by atoms with Crippen LogP contribution in [0.2, 0.25) is 0 Å². The predicted molar refractivity (Wildman–Crippen MR) is 103 cm³/mol. The fourth-order valence-electron chi connectivity index (χ4n) is 3.40. The summed E-state index contributed by atoms with van der Waals surface area (Å²) < 4.78 is 47.6. The molecule has 1 N–H and O–H groups in total. The molecule has 2 aromatic rings. The summed E-state index contributed by atoms with van der Waals surface area (Å²) in [6, 6.07) is 7.66. The van der Waals surface area contributed by atoms with E-state index < -0.39 is 10.0 Å². The third-order valence-electron chi connectivity index (χ3n) is 4.80. The lowest BCUT2D eigenvalue weighted by Crippen LogP contribution is -2.33. The molecule has 4 rings (SSSR count). The van der Waals surface area contributed by atoms with Gasteiger partial charge in [-0.15, -0.1) is 0 Å². The number of likely N-dealkylation sites (tertiary alicyclic amines) is 1. The van der Waals surface area contributed by atoms with Crippen molar-refractivity contribution >= 4 is 21.8 Å². The zero-order valence-electron chi connectivity index (χ0n) is 15.0. The van der Waals surface area contributed by atoms with Crippen molar-refractivity contribution in [3.05, 3.63) is 41.7 Å². The van der Waals surface area contributed by atoms with Crippen LogP contribution in [0.3, 0.4) is 0 Å². The van der Waals surface area contributed by atoms with E-state index in [-0.39, 0.29) is 10.7 Å². The standard InChI is InChI=1S/C19H21FN2O3S2/c1-13-10-16-18(26-17-11-14(20)4-5-15(17)25-16)12-19(13)27(23,24)21-6-9-22-7-2-3-8-22/h4-5,10-12,21H,2-3,6-9H2,1H3. The molecule has 0 spiro atoms. The van der Waals surface area contributed by atoms with Gasteiger partial charge in [0.25, 0.3) is 0 Å². The Bertz CT molecular complexity index is 973. The molecule has 8 heteroatoms. The molecule has 144 valence electrons. The van der Waals surface area contributed by atoms with Crippen LogP contribution in [0.25, 0.3) is 0 Å². The number of hydrogen-bond donors (Lipinski definition) is 1. The summed E-state index contributed by atoms with van der Waals surface area (Å²) in [5.74, 6) is 0.817. The van der Waals surface area contributed by atoms with E-state index in [9.17, 15) is 12.8 Å². The van der Waals surface area contributed by atoms with Crippen molar-refractivity contribution in [3.8, 4) is 11.5 Å². The van der Waals surface area contributed by atoms with Crippen LogP contribution < -0.4 is 9.46 Å². The van der Waals surface area contributed by atoms with Gasteiger partial charge in [0.15, 0.2) is 0 Å². The lowest BCUT2D eigenvalue weighted by atomic mass is 10.2. The molecule has 0 atom stereocenters. The smallest absolute Gasteiger partial charge is 0.240 e. The van der Waals surface area contributed by atoms with E-state index in [2.05, 4.69) is 9.62 Å². The molecule has 2 heterocycles. The van der Waals surface area contributed by atoms with Gasteiger partial charge in [-0.05, 0) is 68.8 Å². The van der Waals surface area contributed by atoms with Crippen molar-refractivity contribution < 1.29 is 17.5 Å². The number of halogens is 1. The Balaban J connectivity index is 1.54. The maximum Gasteiger partial charge on any atom is 0.240 e. The third-order valence-corrected chi connectivity index (χ3v) is 7.48. The first-order chi connectivity index (χ1) is 12.9. The molecule has 0 amide bonds. The second-order valence-electron chi connectivity index (χ2n) is 6.81. The first kappa shape index (κ1) is 18.7. The van der Waals surface area contributed by atoms with Crippen LogP contribution in [0, 0.1) is 12.7 Å². The minimum atomic E-state index is -3.62. The highest BCUT2D eigenvalue weighted by atomic mass is 32.2. The van der Waals surface area contributed by atoms with Gasteiger partial charge >= 0.3 is 0 Å². The molecular weight excluding hydrogens is 387 g/mol. The van der Waals surface area contributed by atoms with Crippen LogP contribution >= 0.6 is 11.8 Å². The van der Waals surface area contributed by atoms with Crippen molar-refractivity contribution in [1.29, 1.82) is 0 Å². The van der Waals surface area contributed by atoms with Gasteiger partial charge in [0, 0.05) is 13.1 Å². The Morgan fingerprint density at radius 2 is 1.89 bits per heavy atom. The molecule has 27 heavy (non-hydrogen) atoms. The van der Waals surface area contributed by atoms with E-state index >= 15 is 0 Å². The van der Waals surface area contributed by atoms with Gasteiger partial charge < -0.3 is 9.64 Å². The monoisotopic (exact) mass is 408 g/mol. The normalized spacial score (nSPS) is 16.7. The number of aryl methyl sites for hydroxylation is 1. The van der Waals surface area contributed by atoms with Crippen LogP contribution in [0.5, 0.6) is 11.5 Å². The third kappa shape index (κ3) is 3.99. The summed E-state index contributed by atoms with van der Waals surface area (Å²) in [6.07, 6.45) is 2.35. The van der Waals surface area contributed by atoms with Gasteiger partial charge in [0.05, 0.1) is 14.7 Å². The SMILES string of the molecule is Cc1cc2c(cc1S(=O)(=O)NCCN1CCCC1)Sc1cc(F)ccc1O2. The first-order valence-electron chi connectivity index (χ1n) is 8.94. The number of ether oxygens (including phenoxy) is 1. The number of benzene rings is 2. The zero-order valence-corrected chi connectivity index (χ0v) is 16.6. The molecule has 5 nitrogen and oxygen atoms in total. The number of hydrogen-bond acceptors (Lipinski definition) is 5. The maximum absolute atomic E-state index is 13.5. The first-order valence-corrected chi connectivity index (χ1v) is 11.2. The quantitative estimate of drug-likeness (QED) is 0.697. The lowest BCUT2D eigenvalue weighted by molar-refractivity contribution is 0.344. The van der Waals surface area contributed by atoms with Crippen molar-refractivity contribution in [2.24, 2.45) is 0 Å². The molecule has 2 aliphatic rings. The van der Waals surface area contributed by atoms with E-state index in [4.69, 9.17) is 4.74 Å². The zero-order chi connectivity index (χ0) is 19.0. The molecule has 2 aliphatic heterocycles. The van der Waals surface area contributed by atoms with Crippen LogP contribution in [-0.2, 0) is 10.0 Å². The predicted octanol–water partition coefficient (Wildman–Crippen LogP) is 3.77. The van der Waals surface area contributed by atoms with E-state index in [1.807, 2.05) is 0 Å². The van der Waals surface area contributed by atoms with Gasteiger partial charge in [-0.1, -0.05) is 11.8 Å². The number of rotatable bonds is 5. The Morgan fingerprint density at radius 3 is 2.67 bits per heavy atom. The van der Waals surface area contributed by atoms with Crippen LogP contribution in [-0.4, -0.2) is 39.5 Å². The number of sulfonamides is 1. The average molecular weight is 409 g/mol. The minimum absolute atomic E-state index is 0.235. The number of fused-ring (bicyclic) bond motifs is 2. The highest BCUT2D eigenvalue weighted by Gasteiger charge is 2.24. The Labute approximate surface area is 163 Å². The molecule has 0 aliphatic carbocycles. The summed E-state index contributed by atoms with van der Waals surface area (Å²) >= 11 is 1.31. The van der Waals surface area contributed by atoms with Crippen molar-refractivity contribution in [2.75, 3.05) is 26.2 Å². The van der Waals surface area contributed by atoms with Gasteiger partial charge in [0.1, 0.15) is 17.3 Å². The molecule has 1 fully saturated rings. The topological polar surface area (TPSA) is 58.6 Å². The summed E-state index contributed by atoms with van der Waals surface area (Å²) in [5.41, 5.74) is 0.619. The average Bonchev–Trinajstić information content (AvgIpc) is 3.13. The molecule has 0 bridgehead atoms. The highest BCUT2D eigenvalue weighted by molar-refractivity contribution is 7.99. The fourth-order valence-corrected chi connectivity index (χ4v) is 5.74. The molecule has 0 aromatic heterocycles. The van der Waals surface area contributed by atoms with E-state index in [0.29, 0.717) is 39.9 Å².